The van der Waals surface area contributed by atoms with E-state index in [4.69, 9.17) is 10.5 Å². The van der Waals surface area contributed by atoms with Gasteiger partial charge in [0.05, 0.1) is 24.3 Å². The van der Waals surface area contributed by atoms with Crippen molar-refractivity contribution in [1.82, 2.24) is 0 Å². The molecule has 0 heterocycles. The lowest BCUT2D eigenvalue weighted by molar-refractivity contribution is 0.223. The van der Waals surface area contributed by atoms with E-state index in [0.717, 1.165) is 0 Å². The second-order valence-electron chi connectivity index (χ2n) is 10.7. The molecule has 0 saturated carbocycles. The van der Waals surface area contributed by atoms with Crippen LogP contribution in [0.1, 0.15) is 95.9 Å². The van der Waals surface area contributed by atoms with Crippen LogP contribution in [0, 0.1) is 56.2 Å². The highest BCUT2D eigenvalue weighted by Crippen LogP contribution is 2.38. The van der Waals surface area contributed by atoms with Crippen molar-refractivity contribution in [2.75, 3.05) is 0 Å². The Morgan fingerprint density at radius 1 is 0.469 bits per heavy atom. The predicted octanol–water partition coefficient (Wildman–Crippen LogP) is 6.92. The van der Waals surface area contributed by atoms with Crippen LogP contribution in [0.15, 0.2) is 20.5 Å². The molecule has 4 atom stereocenters. The van der Waals surface area contributed by atoms with Gasteiger partial charge in [-0.25, -0.2) is 0 Å². The average molecular weight is 441 g/mol. The Balaban J connectivity index is 0. The van der Waals surface area contributed by atoms with Gasteiger partial charge in [-0.2, -0.15) is 41.5 Å². The lowest BCUT2D eigenvalue weighted by atomic mass is 9.75. The molecule has 0 aromatic rings. The monoisotopic (exact) mass is 440 g/mol. The number of hydrogen-bond acceptors (Lipinski definition) is 8. The molecule has 0 bridgehead atoms. The minimum absolute atomic E-state index is 0.334. The van der Waals surface area contributed by atoms with Crippen LogP contribution in [-0.4, -0.2) is 22.2 Å². The molecule has 4 unspecified atom stereocenters. The van der Waals surface area contributed by atoms with Crippen LogP contribution in [0.2, 0.25) is 0 Å². The van der Waals surface area contributed by atoms with E-state index in [-0.39, 0.29) is 10.8 Å². The number of azo groups is 2. The molecular formula is C24H40N8. The Hall–Kier alpha value is -2.84. The quantitative estimate of drug-likeness (QED) is 0.412. The van der Waals surface area contributed by atoms with Crippen molar-refractivity contribution < 1.29 is 0 Å². The van der Waals surface area contributed by atoms with Crippen molar-refractivity contribution in [1.29, 1.82) is 21.0 Å². The molecule has 0 N–H and O–H groups in total. The smallest absolute Gasteiger partial charge is 0.169 e. The Labute approximate surface area is 195 Å². The third-order valence-electron chi connectivity index (χ3n) is 6.16. The maximum atomic E-state index is 9.31. The molecule has 8 nitrogen and oxygen atoms in total. The zero-order chi connectivity index (χ0) is 26.1. The molecule has 0 aliphatic carbocycles. The zero-order valence-electron chi connectivity index (χ0n) is 22.0. The third-order valence-corrected chi connectivity index (χ3v) is 6.16. The van der Waals surface area contributed by atoms with E-state index >= 15 is 0 Å². The zero-order valence-corrected chi connectivity index (χ0v) is 22.0. The van der Waals surface area contributed by atoms with Gasteiger partial charge in [0.2, 0.25) is 0 Å². The van der Waals surface area contributed by atoms with Gasteiger partial charge < -0.3 is 0 Å². The molecule has 0 saturated heterocycles. The molecule has 176 valence electrons. The molecule has 0 radical (unpaired) electrons. The van der Waals surface area contributed by atoms with E-state index in [9.17, 15) is 10.5 Å². The van der Waals surface area contributed by atoms with Crippen molar-refractivity contribution in [3.63, 3.8) is 0 Å². The largest absolute Gasteiger partial charge is 0.196 e. The van der Waals surface area contributed by atoms with E-state index < -0.39 is 22.2 Å². The Kier molecular flexibility index (Phi) is 10.9. The fourth-order valence-corrected chi connectivity index (χ4v) is 1.45. The fraction of sp³-hybridized carbons (Fsp3) is 0.833. The van der Waals surface area contributed by atoms with Gasteiger partial charge in [-0.1, -0.05) is 55.4 Å². The summed E-state index contributed by atoms with van der Waals surface area (Å²) in [6, 6.07) is 8.55. The fourth-order valence-electron chi connectivity index (χ4n) is 1.45. The number of hydrogen-bond donors (Lipinski definition) is 0. The molecule has 0 fully saturated rings. The highest BCUT2D eigenvalue weighted by Gasteiger charge is 2.42. The maximum Gasteiger partial charge on any atom is 0.169 e. The van der Waals surface area contributed by atoms with Gasteiger partial charge in [0, 0.05) is 10.8 Å². The summed E-state index contributed by atoms with van der Waals surface area (Å²) in [7, 11) is 0. The molecule has 32 heavy (non-hydrogen) atoms. The number of rotatable bonds is 6. The summed E-state index contributed by atoms with van der Waals surface area (Å²) in [5.41, 5.74) is -4.13. The minimum Gasteiger partial charge on any atom is -0.196 e. The first-order valence-electron chi connectivity index (χ1n) is 10.8. The van der Waals surface area contributed by atoms with Gasteiger partial charge in [0.15, 0.2) is 22.2 Å². The normalized spacial score (nSPS) is 19.5. The Morgan fingerprint density at radius 2 is 0.719 bits per heavy atom. The molecule has 0 aromatic carbocycles. The van der Waals surface area contributed by atoms with E-state index in [0.29, 0.717) is 12.8 Å². The van der Waals surface area contributed by atoms with Crippen molar-refractivity contribution in [3.8, 4) is 24.3 Å². The Morgan fingerprint density at radius 3 is 0.844 bits per heavy atom. The van der Waals surface area contributed by atoms with Crippen LogP contribution in [0.3, 0.4) is 0 Å². The van der Waals surface area contributed by atoms with Gasteiger partial charge >= 0.3 is 0 Å². The molecule has 0 rings (SSSR count). The lowest BCUT2D eigenvalue weighted by Crippen LogP contribution is -2.40. The van der Waals surface area contributed by atoms with Crippen molar-refractivity contribution in [3.05, 3.63) is 0 Å². The Bertz CT molecular complexity index is 779. The maximum absolute atomic E-state index is 9.31. The van der Waals surface area contributed by atoms with Crippen LogP contribution in [0.25, 0.3) is 0 Å². The van der Waals surface area contributed by atoms with Crippen LogP contribution in [0.4, 0.5) is 0 Å². The SMILES string of the molecule is CC(C)(C)C(C)(C#N)N=NC(C)(C#N)C(C)(C)C.CCC(C)(C#N)N=NC(C)(C#N)CC. The standard InChI is InChI=1S/C14H24N4.C10H16N4/c1-11(2,3)13(7,9-15)17-18-14(8,10-16)12(4,5)6;1-5-9(3,7-11)13-14-10(4,6-2)8-12/h1-8H3;5-6H2,1-4H3. The average Bonchev–Trinajstić information content (AvgIpc) is 2.74. The molecule has 0 spiro atoms. The van der Waals surface area contributed by atoms with Gasteiger partial charge in [0.1, 0.15) is 0 Å². The summed E-state index contributed by atoms with van der Waals surface area (Å²) in [4.78, 5) is 0. The van der Waals surface area contributed by atoms with Gasteiger partial charge in [-0.3, -0.25) is 0 Å². The van der Waals surface area contributed by atoms with E-state index in [1.54, 1.807) is 27.7 Å². The van der Waals surface area contributed by atoms with Crippen LogP contribution in [-0.2, 0) is 0 Å². The summed E-state index contributed by atoms with van der Waals surface area (Å²) in [6.07, 6.45) is 1.19. The highest BCUT2D eigenvalue weighted by molar-refractivity contribution is 5.14. The summed E-state index contributed by atoms with van der Waals surface area (Å²) >= 11 is 0. The molecule has 0 aromatic heterocycles. The summed E-state index contributed by atoms with van der Waals surface area (Å²) in [5, 5.41) is 52.6. The first-order chi connectivity index (χ1) is 14.3. The minimum atomic E-state index is -0.934. The molecule has 0 amide bonds. The van der Waals surface area contributed by atoms with Crippen LogP contribution in [0.5, 0.6) is 0 Å². The van der Waals surface area contributed by atoms with E-state index in [1.165, 1.54) is 0 Å². The molecule has 0 aliphatic heterocycles. The van der Waals surface area contributed by atoms with Gasteiger partial charge in [0.25, 0.3) is 0 Å². The van der Waals surface area contributed by atoms with E-state index in [2.05, 4.69) is 44.7 Å². The topological polar surface area (TPSA) is 145 Å². The lowest BCUT2D eigenvalue weighted by Gasteiger charge is -2.34. The van der Waals surface area contributed by atoms with Crippen molar-refractivity contribution in [2.24, 2.45) is 31.3 Å². The predicted molar refractivity (Wildman–Crippen MR) is 125 cm³/mol. The van der Waals surface area contributed by atoms with Crippen LogP contribution < -0.4 is 0 Å². The van der Waals surface area contributed by atoms with Crippen LogP contribution >= 0.6 is 0 Å². The van der Waals surface area contributed by atoms with Crippen molar-refractivity contribution >= 4 is 0 Å². The molecule has 8 heteroatoms. The first kappa shape index (κ1) is 31.3. The third kappa shape index (κ3) is 8.36. The molecule has 0 aliphatic rings. The highest BCUT2D eigenvalue weighted by atomic mass is 15.2. The first-order valence-corrected chi connectivity index (χ1v) is 10.8. The summed E-state index contributed by atoms with van der Waals surface area (Å²) < 4.78 is 0. The number of nitriles is 4. The van der Waals surface area contributed by atoms with E-state index in [1.807, 2.05) is 55.4 Å². The van der Waals surface area contributed by atoms with Gasteiger partial charge in [-0.15, -0.1) is 0 Å². The van der Waals surface area contributed by atoms with Gasteiger partial charge in [-0.05, 0) is 40.5 Å². The number of nitrogens with zero attached hydrogens (tertiary/aromatic N) is 8. The summed E-state index contributed by atoms with van der Waals surface area (Å²) in [5.74, 6) is 0. The molecular weight excluding hydrogens is 400 g/mol. The second-order valence-corrected chi connectivity index (χ2v) is 10.7. The van der Waals surface area contributed by atoms with Crippen molar-refractivity contribution in [2.45, 2.75) is 118 Å². The second kappa shape index (κ2) is 11.2. The summed E-state index contributed by atoms with van der Waals surface area (Å²) in [6.45, 7) is 22.3.